The Morgan fingerprint density at radius 2 is 1.97 bits per heavy atom. The molecule has 1 aromatic heterocycles. The molecule has 1 aliphatic rings. The zero-order valence-electron chi connectivity index (χ0n) is 17.7. The van der Waals surface area contributed by atoms with Crippen LogP contribution in [-0.2, 0) is 13.0 Å². The van der Waals surface area contributed by atoms with Crippen LogP contribution in [0.4, 0.5) is 10.1 Å². The average molecular weight is 551 g/mol. The van der Waals surface area contributed by atoms with E-state index in [0.29, 0.717) is 50.0 Å². The van der Waals surface area contributed by atoms with Crippen molar-refractivity contribution in [3.8, 4) is 11.5 Å². The van der Waals surface area contributed by atoms with Crippen molar-refractivity contribution in [2.24, 2.45) is 4.99 Å². The van der Waals surface area contributed by atoms with Gasteiger partial charge in [0.05, 0.1) is 19.5 Å². The van der Waals surface area contributed by atoms with E-state index in [1.807, 2.05) is 35.0 Å². The van der Waals surface area contributed by atoms with Gasteiger partial charge in [0, 0.05) is 50.2 Å². The fourth-order valence-electron chi connectivity index (χ4n) is 3.23. The minimum atomic E-state index is -0.205. The summed E-state index contributed by atoms with van der Waals surface area (Å²) in [6.45, 7) is 3.13. The summed E-state index contributed by atoms with van der Waals surface area (Å²) in [6, 6.07) is 12.5. The second kappa shape index (κ2) is 12.3. The number of rotatable bonds is 7. The van der Waals surface area contributed by atoms with E-state index >= 15 is 0 Å². The van der Waals surface area contributed by atoms with E-state index in [4.69, 9.17) is 9.47 Å². The minimum Gasteiger partial charge on any atom is -0.490 e. The Balaban J connectivity index is 0.00000289. The van der Waals surface area contributed by atoms with Crippen molar-refractivity contribution >= 4 is 35.6 Å². The summed E-state index contributed by atoms with van der Waals surface area (Å²) in [5, 5.41) is 6.64. The molecule has 0 aliphatic carbocycles. The van der Waals surface area contributed by atoms with Crippen LogP contribution in [-0.4, -0.2) is 41.8 Å². The van der Waals surface area contributed by atoms with Gasteiger partial charge in [0.15, 0.2) is 17.5 Å². The van der Waals surface area contributed by atoms with E-state index in [9.17, 15) is 4.39 Å². The standard InChI is InChI=1S/C23H26FN5O2.HI/c24-20-5-2-1-4-18(20)8-9-26-23(27-11-13-29-12-10-25-17-29)28-19-6-7-21-22(16-19)31-15-3-14-30-21;/h1-2,4-7,10,12,16-17H,3,8-9,11,13-15H2,(H2,26,27,28);1H. The fourth-order valence-corrected chi connectivity index (χ4v) is 3.23. The number of guanidine groups is 1. The van der Waals surface area contributed by atoms with Crippen molar-refractivity contribution in [2.75, 3.05) is 31.6 Å². The van der Waals surface area contributed by atoms with Gasteiger partial charge in [0.2, 0.25) is 0 Å². The molecule has 170 valence electrons. The van der Waals surface area contributed by atoms with Crippen molar-refractivity contribution in [3.05, 3.63) is 72.6 Å². The number of halogens is 2. The molecule has 9 heteroatoms. The van der Waals surface area contributed by atoms with Gasteiger partial charge >= 0.3 is 0 Å². The summed E-state index contributed by atoms with van der Waals surface area (Å²) in [7, 11) is 0. The lowest BCUT2D eigenvalue weighted by Crippen LogP contribution is -2.33. The molecule has 0 unspecified atom stereocenters. The summed E-state index contributed by atoms with van der Waals surface area (Å²) >= 11 is 0. The third-order valence-electron chi connectivity index (χ3n) is 4.84. The molecule has 2 heterocycles. The zero-order chi connectivity index (χ0) is 21.3. The topological polar surface area (TPSA) is 72.7 Å². The van der Waals surface area contributed by atoms with Gasteiger partial charge in [-0.25, -0.2) is 9.37 Å². The monoisotopic (exact) mass is 551 g/mol. The van der Waals surface area contributed by atoms with Crippen LogP contribution in [0.1, 0.15) is 12.0 Å². The highest BCUT2D eigenvalue weighted by molar-refractivity contribution is 14.0. The van der Waals surface area contributed by atoms with Crippen LogP contribution in [0.15, 0.2) is 66.2 Å². The van der Waals surface area contributed by atoms with Crippen molar-refractivity contribution in [2.45, 2.75) is 19.4 Å². The van der Waals surface area contributed by atoms with Gasteiger partial charge in [-0.2, -0.15) is 0 Å². The van der Waals surface area contributed by atoms with Gasteiger partial charge in [0.1, 0.15) is 5.82 Å². The number of aliphatic imine (C=N–C) groups is 1. The SMILES string of the molecule is Fc1ccccc1CCN=C(NCCn1ccnc1)Nc1ccc2c(c1)OCCCO2.I. The van der Waals surface area contributed by atoms with Crippen LogP contribution >= 0.6 is 24.0 Å². The molecule has 3 aromatic rings. The van der Waals surface area contributed by atoms with E-state index < -0.39 is 0 Å². The van der Waals surface area contributed by atoms with Crippen molar-refractivity contribution in [3.63, 3.8) is 0 Å². The number of ether oxygens (including phenoxy) is 2. The molecule has 0 atom stereocenters. The van der Waals surface area contributed by atoms with Gasteiger partial charge in [-0.1, -0.05) is 18.2 Å². The second-order valence-corrected chi connectivity index (χ2v) is 7.14. The summed E-state index contributed by atoms with van der Waals surface area (Å²) in [5.41, 5.74) is 1.49. The predicted octanol–water partition coefficient (Wildman–Crippen LogP) is 4.10. The first-order chi connectivity index (χ1) is 15.3. The fraction of sp³-hybridized carbons (Fsp3) is 0.304. The number of nitrogens with one attached hydrogen (secondary N) is 2. The number of aromatic nitrogens is 2. The van der Waals surface area contributed by atoms with E-state index in [0.717, 1.165) is 24.4 Å². The quantitative estimate of drug-likeness (QED) is 0.263. The maximum atomic E-state index is 13.9. The van der Waals surface area contributed by atoms with Gasteiger partial charge in [0.25, 0.3) is 0 Å². The summed E-state index contributed by atoms with van der Waals surface area (Å²) < 4.78 is 27.4. The Bertz CT molecular complexity index is 1010. The molecule has 4 rings (SSSR count). The predicted molar refractivity (Wildman–Crippen MR) is 134 cm³/mol. The molecule has 0 spiro atoms. The number of fused-ring (bicyclic) bond motifs is 1. The Kier molecular flexibility index (Phi) is 9.14. The van der Waals surface area contributed by atoms with Crippen LogP contribution in [0.5, 0.6) is 11.5 Å². The molecule has 0 saturated carbocycles. The Labute approximate surface area is 204 Å². The number of hydrogen-bond donors (Lipinski definition) is 2. The lowest BCUT2D eigenvalue weighted by atomic mass is 10.1. The molecule has 0 radical (unpaired) electrons. The minimum absolute atomic E-state index is 0. The van der Waals surface area contributed by atoms with Crippen LogP contribution in [0.2, 0.25) is 0 Å². The van der Waals surface area contributed by atoms with Crippen LogP contribution < -0.4 is 20.1 Å². The number of nitrogens with zero attached hydrogens (tertiary/aromatic N) is 3. The summed E-state index contributed by atoms with van der Waals surface area (Å²) in [4.78, 5) is 8.69. The van der Waals surface area contributed by atoms with Crippen molar-refractivity contribution in [1.29, 1.82) is 0 Å². The Hall–Kier alpha value is -2.82. The van der Waals surface area contributed by atoms with Gasteiger partial charge in [-0.15, -0.1) is 24.0 Å². The molecule has 2 N–H and O–H groups in total. The van der Waals surface area contributed by atoms with Crippen molar-refractivity contribution in [1.82, 2.24) is 14.9 Å². The molecule has 0 amide bonds. The molecule has 0 bridgehead atoms. The third kappa shape index (κ3) is 6.84. The van der Waals surface area contributed by atoms with E-state index in [1.165, 1.54) is 6.07 Å². The largest absolute Gasteiger partial charge is 0.490 e. The molecular formula is C23H27FIN5O2. The summed E-state index contributed by atoms with van der Waals surface area (Å²) in [5.74, 6) is 1.87. The maximum Gasteiger partial charge on any atom is 0.195 e. The van der Waals surface area contributed by atoms with Crippen molar-refractivity contribution < 1.29 is 13.9 Å². The second-order valence-electron chi connectivity index (χ2n) is 7.14. The number of anilines is 1. The number of hydrogen-bond acceptors (Lipinski definition) is 4. The van der Waals surface area contributed by atoms with Gasteiger partial charge in [-0.05, 0) is 30.2 Å². The average Bonchev–Trinajstić information content (AvgIpc) is 3.18. The molecular weight excluding hydrogens is 524 g/mol. The van der Waals surface area contributed by atoms with Gasteiger partial charge in [-0.3, -0.25) is 4.99 Å². The third-order valence-corrected chi connectivity index (χ3v) is 4.84. The van der Waals surface area contributed by atoms with Gasteiger partial charge < -0.3 is 24.7 Å². The normalized spacial score (nSPS) is 13.1. The number of benzene rings is 2. The first-order valence-electron chi connectivity index (χ1n) is 10.4. The molecule has 2 aromatic carbocycles. The number of imidazole rings is 1. The first-order valence-corrected chi connectivity index (χ1v) is 10.4. The van der Waals surface area contributed by atoms with E-state index in [-0.39, 0.29) is 29.8 Å². The summed E-state index contributed by atoms with van der Waals surface area (Å²) in [6.07, 6.45) is 6.80. The molecule has 7 nitrogen and oxygen atoms in total. The molecule has 1 aliphatic heterocycles. The molecule has 0 fully saturated rings. The highest BCUT2D eigenvalue weighted by atomic mass is 127. The zero-order valence-corrected chi connectivity index (χ0v) is 20.0. The maximum absolute atomic E-state index is 13.9. The lowest BCUT2D eigenvalue weighted by Gasteiger charge is -2.15. The van der Waals surface area contributed by atoms with E-state index in [2.05, 4.69) is 20.6 Å². The van der Waals surface area contributed by atoms with Crippen LogP contribution in [0, 0.1) is 5.82 Å². The Morgan fingerprint density at radius 3 is 2.78 bits per heavy atom. The van der Waals surface area contributed by atoms with E-state index in [1.54, 1.807) is 24.7 Å². The molecule has 32 heavy (non-hydrogen) atoms. The Morgan fingerprint density at radius 1 is 1.12 bits per heavy atom. The smallest absolute Gasteiger partial charge is 0.195 e. The van der Waals surface area contributed by atoms with Crippen LogP contribution in [0.25, 0.3) is 0 Å². The highest BCUT2D eigenvalue weighted by Gasteiger charge is 2.11. The van der Waals surface area contributed by atoms with Crippen LogP contribution in [0.3, 0.4) is 0 Å². The lowest BCUT2D eigenvalue weighted by molar-refractivity contribution is 0.297. The molecule has 0 saturated heterocycles. The first kappa shape index (κ1) is 23.8. The highest BCUT2D eigenvalue weighted by Crippen LogP contribution is 2.32.